The second-order valence-electron chi connectivity index (χ2n) is 3.30. The highest BCUT2D eigenvalue weighted by Crippen LogP contribution is 2.43. The van der Waals surface area contributed by atoms with Crippen LogP contribution < -0.4 is 5.73 Å². The van der Waals surface area contributed by atoms with Gasteiger partial charge in [-0.2, -0.15) is 0 Å². The molecular weight excluding hydrogens is 132 g/mol. The van der Waals surface area contributed by atoms with E-state index in [4.69, 9.17) is 5.73 Å². The Kier molecular flexibility index (Phi) is 1.10. The smallest absolute Gasteiger partial charge is 0.0209 e. The Hall–Kier alpha value is 0.270. The summed E-state index contributed by atoms with van der Waals surface area (Å²) in [5.74, 6) is 0.745. The first-order chi connectivity index (χ1) is 4.21. The van der Waals surface area contributed by atoms with Crippen molar-refractivity contribution in [2.24, 2.45) is 11.7 Å². The van der Waals surface area contributed by atoms with Crippen LogP contribution in [0.2, 0.25) is 0 Å². The molecule has 0 amide bonds. The van der Waals surface area contributed by atoms with E-state index in [1.807, 2.05) is 4.31 Å². The molecule has 1 saturated heterocycles. The summed E-state index contributed by atoms with van der Waals surface area (Å²) < 4.78 is 2.03. The average molecular weight is 144 g/mol. The summed E-state index contributed by atoms with van der Waals surface area (Å²) in [6, 6.07) is 0. The zero-order valence-corrected chi connectivity index (χ0v) is 6.27. The fourth-order valence-corrected chi connectivity index (χ4v) is 1.77. The Labute approximate surface area is 60.9 Å². The van der Waals surface area contributed by atoms with Crippen LogP contribution in [0.25, 0.3) is 0 Å². The van der Waals surface area contributed by atoms with E-state index in [0.717, 1.165) is 19.0 Å². The number of nitrogens with zero attached hydrogens (tertiary/aromatic N) is 1. The largest absolute Gasteiger partial charge is 0.325 e. The lowest BCUT2D eigenvalue weighted by molar-refractivity contribution is 0.178. The van der Waals surface area contributed by atoms with Crippen LogP contribution in [0.4, 0.5) is 0 Å². The van der Waals surface area contributed by atoms with Gasteiger partial charge in [-0.3, -0.25) is 4.31 Å². The van der Waals surface area contributed by atoms with Crippen LogP contribution in [0.5, 0.6) is 0 Å². The van der Waals surface area contributed by atoms with Crippen LogP contribution in [-0.2, 0) is 0 Å². The van der Waals surface area contributed by atoms with E-state index in [0.29, 0.717) is 0 Å². The van der Waals surface area contributed by atoms with E-state index in [1.165, 1.54) is 12.8 Å². The molecule has 52 valence electrons. The molecule has 2 aliphatic rings. The minimum atomic E-state index is 0.235. The first-order valence-corrected chi connectivity index (χ1v) is 3.83. The molecule has 2 rings (SSSR count). The molecule has 1 aliphatic heterocycles. The molecule has 1 heterocycles. The first kappa shape index (κ1) is 6.01. The standard InChI is InChI=1S/C6H12N2S/c7-6(1-2-6)5-3-8(9)4-5/h5,9H,1-4,7H2. The number of rotatable bonds is 1. The van der Waals surface area contributed by atoms with Crippen LogP contribution in [0.3, 0.4) is 0 Å². The van der Waals surface area contributed by atoms with E-state index in [-0.39, 0.29) is 5.54 Å². The van der Waals surface area contributed by atoms with Crippen LogP contribution in [0.15, 0.2) is 0 Å². The predicted octanol–water partition coefficient (Wildman–Crippen LogP) is 0.254. The second kappa shape index (κ2) is 1.65. The highest BCUT2D eigenvalue weighted by atomic mass is 32.1. The third-order valence-corrected chi connectivity index (χ3v) is 2.83. The molecule has 3 heteroatoms. The number of hydrogen-bond acceptors (Lipinski definition) is 3. The van der Waals surface area contributed by atoms with Crippen LogP contribution in [0.1, 0.15) is 12.8 Å². The van der Waals surface area contributed by atoms with Gasteiger partial charge in [0.05, 0.1) is 0 Å². The maximum absolute atomic E-state index is 5.95. The van der Waals surface area contributed by atoms with Crippen molar-refractivity contribution in [3.05, 3.63) is 0 Å². The van der Waals surface area contributed by atoms with Gasteiger partial charge in [0.15, 0.2) is 0 Å². The van der Waals surface area contributed by atoms with Gasteiger partial charge in [-0.15, -0.1) is 0 Å². The fraction of sp³-hybridized carbons (Fsp3) is 1.00. The van der Waals surface area contributed by atoms with Crippen molar-refractivity contribution in [1.82, 2.24) is 4.31 Å². The predicted molar refractivity (Wildman–Crippen MR) is 40.2 cm³/mol. The summed E-state index contributed by atoms with van der Waals surface area (Å²) in [6.07, 6.45) is 2.47. The van der Waals surface area contributed by atoms with Gasteiger partial charge in [0, 0.05) is 24.5 Å². The van der Waals surface area contributed by atoms with Crippen molar-refractivity contribution in [2.45, 2.75) is 18.4 Å². The molecule has 0 aromatic heterocycles. The van der Waals surface area contributed by atoms with E-state index in [2.05, 4.69) is 12.8 Å². The molecule has 0 bridgehead atoms. The monoisotopic (exact) mass is 144 g/mol. The third-order valence-electron chi connectivity index (χ3n) is 2.50. The Balaban J connectivity index is 1.89. The summed E-state index contributed by atoms with van der Waals surface area (Å²) in [6.45, 7) is 2.19. The SMILES string of the molecule is NC1(C2CN(S)C2)CC1. The molecule has 0 aromatic carbocycles. The zero-order valence-electron chi connectivity index (χ0n) is 5.38. The lowest BCUT2D eigenvalue weighted by Gasteiger charge is -2.38. The number of nitrogens with two attached hydrogens (primary N) is 1. The maximum atomic E-state index is 5.95. The summed E-state index contributed by atoms with van der Waals surface area (Å²) in [5, 5.41) is 0. The zero-order chi connectivity index (χ0) is 6.48. The lowest BCUT2D eigenvalue weighted by Crippen LogP contribution is -2.51. The summed E-state index contributed by atoms with van der Waals surface area (Å²) >= 11 is 4.18. The molecule has 1 aliphatic carbocycles. The minimum absolute atomic E-state index is 0.235. The van der Waals surface area contributed by atoms with Crippen LogP contribution in [0, 0.1) is 5.92 Å². The molecule has 2 N–H and O–H groups in total. The van der Waals surface area contributed by atoms with Crippen molar-refractivity contribution in [3.63, 3.8) is 0 Å². The normalized spacial score (nSPS) is 34.0. The fourth-order valence-electron chi connectivity index (χ4n) is 1.37. The Morgan fingerprint density at radius 1 is 1.44 bits per heavy atom. The number of hydrogen-bond donors (Lipinski definition) is 2. The molecule has 0 aromatic rings. The van der Waals surface area contributed by atoms with Crippen molar-refractivity contribution < 1.29 is 0 Å². The molecule has 1 saturated carbocycles. The van der Waals surface area contributed by atoms with Crippen molar-refractivity contribution >= 4 is 12.8 Å². The van der Waals surface area contributed by atoms with Gasteiger partial charge in [0.1, 0.15) is 0 Å². The second-order valence-corrected chi connectivity index (χ2v) is 3.87. The van der Waals surface area contributed by atoms with Crippen LogP contribution in [-0.4, -0.2) is 22.9 Å². The molecule has 0 unspecified atom stereocenters. The van der Waals surface area contributed by atoms with Gasteiger partial charge >= 0.3 is 0 Å². The highest BCUT2D eigenvalue weighted by molar-refractivity contribution is 7.77. The topological polar surface area (TPSA) is 29.3 Å². The molecule has 2 nitrogen and oxygen atoms in total. The molecule has 9 heavy (non-hydrogen) atoms. The van der Waals surface area contributed by atoms with Gasteiger partial charge in [0.25, 0.3) is 0 Å². The maximum Gasteiger partial charge on any atom is 0.0209 e. The number of thiol groups is 1. The van der Waals surface area contributed by atoms with Gasteiger partial charge in [-0.25, -0.2) is 0 Å². The van der Waals surface area contributed by atoms with Gasteiger partial charge in [-0.05, 0) is 12.8 Å². The van der Waals surface area contributed by atoms with Gasteiger partial charge in [0.2, 0.25) is 0 Å². The summed E-state index contributed by atoms with van der Waals surface area (Å²) in [7, 11) is 0. The van der Waals surface area contributed by atoms with Crippen molar-refractivity contribution in [3.8, 4) is 0 Å². The van der Waals surface area contributed by atoms with E-state index in [9.17, 15) is 0 Å². The highest BCUT2D eigenvalue weighted by Gasteiger charge is 2.49. The van der Waals surface area contributed by atoms with Crippen molar-refractivity contribution in [2.75, 3.05) is 13.1 Å². The Morgan fingerprint density at radius 3 is 2.33 bits per heavy atom. The first-order valence-electron chi connectivity index (χ1n) is 3.43. The van der Waals surface area contributed by atoms with E-state index in [1.54, 1.807) is 0 Å². The van der Waals surface area contributed by atoms with Crippen molar-refractivity contribution in [1.29, 1.82) is 0 Å². The molecular formula is C6H12N2S. The minimum Gasteiger partial charge on any atom is -0.325 e. The molecule has 0 radical (unpaired) electrons. The average Bonchev–Trinajstić information content (AvgIpc) is 2.41. The van der Waals surface area contributed by atoms with Gasteiger partial charge < -0.3 is 5.73 Å². The van der Waals surface area contributed by atoms with E-state index >= 15 is 0 Å². The molecule has 0 atom stereocenters. The summed E-state index contributed by atoms with van der Waals surface area (Å²) in [5.41, 5.74) is 6.19. The Morgan fingerprint density at radius 2 is 2.00 bits per heavy atom. The van der Waals surface area contributed by atoms with E-state index < -0.39 is 0 Å². The van der Waals surface area contributed by atoms with Gasteiger partial charge in [-0.1, -0.05) is 12.8 Å². The quantitative estimate of drug-likeness (QED) is 0.517. The third kappa shape index (κ3) is 0.876. The molecule has 0 spiro atoms. The Bertz CT molecular complexity index is 127. The van der Waals surface area contributed by atoms with Crippen LogP contribution >= 0.6 is 12.8 Å². The summed E-state index contributed by atoms with van der Waals surface area (Å²) in [4.78, 5) is 0. The molecule has 2 fully saturated rings. The lowest BCUT2D eigenvalue weighted by atomic mass is 9.92.